The van der Waals surface area contributed by atoms with E-state index in [1.807, 2.05) is 30.9 Å². The van der Waals surface area contributed by atoms with Crippen molar-refractivity contribution in [3.05, 3.63) is 29.8 Å². The van der Waals surface area contributed by atoms with Crippen molar-refractivity contribution in [1.82, 2.24) is 4.98 Å². The molecule has 0 amide bonds. The highest BCUT2D eigenvalue weighted by molar-refractivity contribution is 7.99. The Hall–Kier alpha value is -1.42. The van der Waals surface area contributed by atoms with Gasteiger partial charge in [0.15, 0.2) is 0 Å². The van der Waals surface area contributed by atoms with Crippen LogP contribution in [0.5, 0.6) is 5.75 Å². The van der Waals surface area contributed by atoms with Crippen LogP contribution in [-0.2, 0) is 5.75 Å². The van der Waals surface area contributed by atoms with E-state index in [0.29, 0.717) is 11.2 Å². The summed E-state index contributed by atoms with van der Waals surface area (Å²) in [7, 11) is 3.60. The van der Waals surface area contributed by atoms with Crippen molar-refractivity contribution in [1.29, 1.82) is 0 Å². The topological polar surface area (TPSA) is 34.2 Å². The Morgan fingerprint density at radius 1 is 1.24 bits per heavy atom. The van der Waals surface area contributed by atoms with Gasteiger partial charge in [-0.05, 0) is 24.1 Å². The first-order valence-corrected chi connectivity index (χ1v) is 8.37. The fraction of sp³-hybridized carbons (Fsp3) is 0.471. The highest BCUT2D eigenvalue weighted by atomic mass is 32.2. The number of fused-ring (bicyclic) bond motifs is 1. The number of nitrogens with one attached hydrogen (secondary N) is 1. The Kier molecular flexibility index (Phi) is 5.34. The number of anilines is 1. The summed E-state index contributed by atoms with van der Waals surface area (Å²) >= 11 is 1.98. The largest absolute Gasteiger partial charge is 0.497 e. The van der Waals surface area contributed by atoms with E-state index in [1.165, 1.54) is 5.56 Å². The highest BCUT2D eigenvalue weighted by Gasteiger charge is 2.11. The van der Waals surface area contributed by atoms with Gasteiger partial charge >= 0.3 is 0 Å². The molecule has 0 saturated carbocycles. The molecule has 0 fully saturated rings. The molecule has 1 aromatic carbocycles. The Labute approximate surface area is 131 Å². The summed E-state index contributed by atoms with van der Waals surface area (Å²) in [6, 6.07) is 8.26. The molecule has 0 aliphatic heterocycles. The van der Waals surface area contributed by atoms with Gasteiger partial charge in [0, 0.05) is 35.1 Å². The van der Waals surface area contributed by atoms with E-state index < -0.39 is 0 Å². The molecular formula is C17H24N2OS. The summed E-state index contributed by atoms with van der Waals surface area (Å²) in [5, 5.41) is 5.01. The van der Waals surface area contributed by atoms with E-state index in [9.17, 15) is 0 Å². The SMILES string of the molecule is CNc1nc2cc(OC)ccc2cc1CSC(C)C(C)C. The molecule has 0 saturated heterocycles. The Bertz CT molecular complexity index is 613. The van der Waals surface area contributed by atoms with Crippen LogP contribution in [0.4, 0.5) is 5.82 Å². The molecule has 2 rings (SSSR count). The monoisotopic (exact) mass is 304 g/mol. The second-order valence-electron chi connectivity index (χ2n) is 5.56. The molecule has 2 aromatic rings. The molecule has 1 unspecified atom stereocenters. The summed E-state index contributed by atoms with van der Waals surface area (Å²) in [4.78, 5) is 4.72. The lowest BCUT2D eigenvalue weighted by Crippen LogP contribution is -2.07. The number of hydrogen-bond donors (Lipinski definition) is 1. The number of benzene rings is 1. The van der Waals surface area contributed by atoms with Gasteiger partial charge in [-0.25, -0.2) is 4.98 Å². The smallest absolute Gasteiger partial charge is 0.130 e. The molecular weight excluding hydrogens is 280 g/mol. The van der Waals surface area contributed by atoms with E-state index in [-0.39, 0.29) is 0 Å². The molecule has 1 atom stereocenters. The summed E-state index contributed by atoms with van der Waals surface area (Å²) < 4.78 is 5.27. The van der Waals surface area contributed by atoms with Gasteiger partial charge in [-0.1, -0.05) is 20.8 Å². The molecule has 21 heavy (non-hydrogen) atoms. The molecule has 0 bridgehead atoms. The van der Waals surface area contributed by atoms with Crippen LogP contribution in [-0.4, -0.2) is 24.4 Å². The number of thioether (sulfide) groups is 1. The Balaban J connectivity index is 2.30. The van der Waals surface area contributed by atoms with Crippen molar-refractivity contribution >= 4 is 28.5 Å². The molecule has 0 spiro atoms. The number of aromatic nitrogens is 1. The predicted molar refractivity (Wildman–Crippen MR) is 93.4 cm³/mol. The quantitative estimate of drug-likeness (QED) is 0.848. The molecule has 1 heterocycles. The molecule has 0 aliphatic carbocycles. The fourth-order valence-corrected chi connectivity index (χ4v) is 3.11. The maximum absolute atomic E-state index is 5.27. The van der Waals surface area contributed by atoms with Crippen LogP contribution in [0.1, 0.15) is 26.3 Å². The lowest BCUT2D eigenvalue weighted by atomic mass is 10.1. The molecule has 114 valence electrons. The normalized spacial score (nSPS) is 12.7. The van der Waals surface area contributed by atoms with Crippen molar-refractivity contribution < 1.29 is 4.74 Å². The standard InChI is InChI=1S/C17H24N2OS/c1-11(2)12(3)21-10-14-8-13-6-7-15(20-5)9-16(13)19-17(14)18-4/h6-9,11-12H,10H2,1-5H3,(H,18,19). The second kappa shape index (κ2) is 7.03. The lowest BCUT2D eigenvalue weighted by Gasteiger charge is -2.16. The first-order valence-electron chi connectivity index (χ1n) is 7.32. The Morgan fingerprint density at radius 2 is 2.00 bits per heavy atom. The van der Waals surface area contributed by atoms with Crippen LogP contribution in [0.2, 0.25) is 0 Å². The van der Waals surface area contributed by atoms with Crippen LogP contribution in [0, 0.1) is 5.92 Å². The molecule has 0 aliphatic rings. The summed E-state index contributed by atoms with van der Waals surface area (Å²) in [6.45, 7) is 6.82. The molecule has 4 heteroatoms. The number of rotatable bonds is 6. The molecule has 0 radical (unpaired) electrons. The zero-order valence-electron chi connectivity index (χ0n) is 13.4. The van der Waals surface area contributed by atoms with E-state index in [4.69, 9.17) is 9.72 Å². The Morgan fingerprint density at radius 3 is 2.62 bits per heavy atom. The average molecular weight is 304 g/mol. The van der Waals surface area contributed by atoms with Gasteiger partial charge in [-0.2, -0.15) is 11.8 Å². The lowest BCUT2D eigenvalue weighted by molar-refractivity contribution is 0.415. The number of hydrogen-bond acceptors (Lipinski definition) is 4. The number of ether oxygens (including phenoxy) is 1. The second-order valence-corrected chi connectivity index (χ2v) is 6.93. The van der Waals surface area contributed by atoms with Crippen LogP contribution in [0.3, 0.4) is 0 Å². The van der Waals surface area contributed by atoms with Crippen molar-refractivity contribution in [3.8, 4) is 5.75 Å². The maximum atomic E-state index is 5.27. The third-order valence-corrected chi connectivity index (χ3v) is 5.33. The van der Waals surface area contributed by atoms with E-state index in [1.54, 1.807) is 7.11 Å². The van der Waals surface area contributed by atoms with Crippen molar-refractivity contribution in [2.75, 3.05) is 19.5 Å². The highest BCUT2D eigenvalue weighted by Crippen LogP contribution is 2.29. The predicted octanol–water partition coefficient (Wildman–Crippen LogP) is 4.56. The van der Waals surface area contributed by atoms with Gasteiger partial charge in [0.1, 0.15) is 11.6 Å². The van der Waals surface area contributed by atoms with Crippen molar-refractivity contribution in [2.24, 2.45) is 5.92 Å². The van der Waals surface area contributed by atoms with Gasteiger partial charge in [-0.3, -0.25) is 0 Å². The summed E-state index contributed by atoms with van der Waals surface area (Å²) in [5.74, 6) is 3.46. The van der Waals surface area contributed by atoms with Crippen LogP contribution >= 0.6 is 11.8 Å². The van der Waals surface area contributed by atoms with Crippen molar-refractivity contribution in [2.45, 2.75) is 31.8 Å². The summed E-state index contributed by atoms with van der Waals surface area (Å²) in [5.41, 5.74) is 2.22. The van der Waals surface area contributed by atoms with E-state index in [2.05, 4.69) is 38.2 Å². The first kappa shape index (κ1) is 16.0. The number of pyridine rings is 1. The maximum Gasteiger partial charge on any atom is 0.130 e. The minimum atomic E-state index is 0.640. The third kappa shape index (κ3) is 3.82. The van der Waals surface area contributed by atoms with E-state index >= 15 is 0 Å². The molecule has 1 aromatic heterocycles. The molecule has 3 nitrogen and oxygen atoms in total. The number of methoxy groups -OCH3 is 1. The van der Waals surface area contributed by atoms with Gasteiger partial charge in [0.2, 0.25) is 0 Å². The minimum absolute atomic E-state index is 0.640. The van der Waals surface area contributed by atoms with Crippen LogP contribution in [0.25, 0.3) is 10.9 Å². The minimum Gasteiger partial charge on any atom is -0.497 e. The zero-order valence-corrected chi connectivity index (χ0v) is 14.3. The number of nitrogens with zero attached hydrogens (tertiary/aromatic N) is 1. The van der Waals surface area contributed by atoms with Crippen molar-refractivity contribution in [3.63, 3.8) is 0 Å². The van der Waals surface area contributed by atoms with Gasteiger partial charge in [-0.15, -0.1) is 0 Å². The first-order chi connectivity index (χ1) is 10.0. The van der Waals surface area contributed by atoms with Gasteiger partial charge in [0.25, 0.3) is 0 Å². The van der Waals surface area contributed by atoms with Gasteiger partial charge in [0.05, 0.1) is 12.6 Å². The fourth-order valence-electron chi connectivity index (χ4n) is 2.06. The summed E-state index contributed by atoms with van der Waals surface area (Å²) in [6.07, 6.45) is 0. The van der Waals surface area contributed by atoms with Crippen LogP contribution in [0.15, 0.2) is 24.3 Å². The van der Waals surface area contributed by atoms with Crippen LogP contribution < -0.4 is 10.1 Å². The zero-order chi connectivity index (χ0) is 15.4. The average Bonchev–Trinajstić information content (AvgIpc) is 2.50. The van der Waals surface area contributed by atoms with Gasteiger partial charge < -0.3 is 10.1 Å². The third-order valence-electron chi connectivity index (χ3n) is 3.78. The van der Waals surface area contributed by atoms with E-state index in [0.717, 1.165) is 28.2 Å². The molecule has 1 N–H and O–H groups in total.